The molecule has 0 saturated carbocycles. The number of benzene rings is 2. The molecule has 0 spiro atoms. The van der Waals surface area contributed by atoms with Crippen LogP contribution in [0.3, 0.4) is 0 Å². The quantitative estimate of drug-likeness (QED) is 0.505. The van der Waals surface area contributed by atoms with Crippen LogP contribution in [0.25, 0.3) is 10.2 Å². The van der Waals surface area contributed by atoms with Crippen molar-refractivity contribution in [2.75, 3.05) is 43.1 Å². The van der Waals surface area contributed by atoms with Gasteiger partial charge in [-0.1, -0.05) is 35.1 Å². The molecule has 1 saturated heterocycles. The van der Waals surface area contributed by atoms with Gasteiger partial charge in [-0.15, -0.1) is 0 Å². The molecule has 33 heavy (non-hydrogen) atoms. The Hall–Kier alpha value is -2.50. The number of piperazine rings is 1. The van der Waals surface area contributed by atoms with Crippen molar-refractivity contribution in [2.24, 2.45) is 0 Å². The second-order valence-corrected chi connectivity index (χ2v) is 13.2. The highest BCUT2D eigenvalue weighted by Gasteiger charge is 2.25. The molecule has 0 bridgehead atoms. The molecule has 1 fully saturated rings. The number of rotatable bonds is 6. The molecule has 176 valence electrons. The van der Waals surface area contributed by atoms with Gasteiger partial charge in [-0.25, -0.2) is 21.8 Å². The van der Waals surface area contributed by atoms with E-state index in [4.69, 9.17) is 0 Å². The Balaban J connectivity index is 1.38. The van der Waals surface area contributed by atoms with Gasteiger partial charge < -0.3 is 9.80 Å². The summed E-state index contributed by atoms with van der Waals surface area (Å²) in [5.74, 6) is -0.407. The summed E-state index contributed by atoms with van der Waals surface area (Å²) in [5, 5.41) is 0.718. The predicted octanol–water partition coefficient (Wildman–Crippen LogP) is 2.52. The first kappa shape index (κ1) is 23.7. The van der Waals surface area contributed by atoms with Crippen molar-refractivity contribution < 1.29 is 21.6 Å². The molecule has 0 atom stereocenters. The van der Waals surface area contributed by atoms with Gasteiger partial charge in [0.1, 0.15) is 5.52 Å². The number of thiazole rings is 1. The van der Waals surface area contributed by atoms with E-state index in [0.29, 0.717) is 31.7 Å². The fraction of sp³-hybridized carbons (Fsp3) is 0.364. The molecule has 0 radical (unpaired) electrons. The summed E-state index contributed by atoms with van der Waals surface area (Å²) in [6.07, 6.45) is 1.11. The fourth-order valence-electron chi connectivity index (χ4n) is 3.74. The highest BCUT2D eigenvalue weighted by Crippen LogP contribution is 2.33. The summed E-state index contributed by atoms with van der Waals surface area (Å²) in [5.41, 5.74) is 1.45. The van der Waals surface area contributed by atoms with Crippen LogP contribution < -0.4 is 4.90 Å². The molecule has 8 nitrogen and oxygen atoms in total. The third-order valence-electron chi connectivity index (χ3n) is 5.64. The second-order valence-electron chi connectivity index (χ2n) is 8.12. The van der Waals surface area contributed by atoms with Gasteiger partial charge in [0, 0.05) is 38.9 Å². The number of nitrogens with zero attached hydrogens (tertiary/aromatic N) is 3. The zero-order valence-corrected chi connectivity index (χ0v) is 20.8. The average molecular weight is 508 g/mol. The third kappa shape index (κ3) is 5.20. The molecule has 2 aromatic carbocycles. The summed E-state index contributed by atoms with van der Waals surface area (Å²) < 4.78 is 49.9. The zero-order chi connectivity index (χ0) is 23.8. The normalized spacial score (nSPS) is 15.2. The van der Waals surface area contributed by atoms with Gasteiger partial charge in [0.2, 0.25) is 5.91 Å². The van der Waals surface area contributed by atoms with E-state index in [1.54, 1.807) is 41.3 Å². The minimum atomic E-state index is -3.51. The van der Waals surface area contributed by atoms with E-state index < -0.39 is 19.7 Å². The molecule has 1 aromatic heterocycles. The van der Waals surface area contributed by atoms with Gasteiger partial charge in [0.15, 0.2) is 24.8 Å². The molecular formula is C22H25N3O5S3. The van der Waals surface area contributed by atoms with Gasteiger partial charge in [-0.05, 0) is 31.2 Å². The van der Waals surface area contributed by atoms with Crippen molar-refractivity contribution in [1.82, 2.24) is 9.88 Å². The lowest BCUT2D eigenvalue weighted by molar-refractivity contribution is -0.131. The van der Waals surface area contributed by atoms with E-state index in [2.05, 4.69) is 4.98 Å². The average Bonchev–Trinajstić information content (AvgIpc) is 3.21. The lowest BCUT2D eigenvalue weighted by Gasteiger charge is -2.34. The number of fused-ring (bicyclic) bond motifs is 1. The van der Waals surface area contributed by atoms with Crippen LogP contribution in [-0.4, -0.2) is 70.8 Å². The Morgan fingerprint density at radius 1 is 1.00 bits per heavy atom. The van der Waals surface area contributed by atoms with E-state index in [0.717, 1.165) is 15.4 Å². The molecule has 1 aliphatic heterocycles. The van der Waals surface area contributed by atoms with Crippen molar-refractivity contribution in [1.29, 1.82) is 0 Å². The van der Waals surface area contributed by atoms with Crippen LogP contribution >= 0.6 is 11.3 Å². The summed E-state index contributed by atoms with van der Waals surface area (Å²) in [4.78, 5) is 21.3. The number of anilines is 1. The molecule has 0 aliphatic carbocycles. The minimum absolute atomic E-state index is 0.0604. The molecule has 11 heteroatoms. The molecule has 4 rings (SSSR count). The SMILES string of the molecule is Cc1ccc(S(=O)(=O)CCC(=O)N2CCN(c3nc4c(S(C)(=O)=O)cccc4s3)CC2)cc1. The topological polar surface area (TPSA) is 105 Å². The maximum atomic E-state index is 12.6. The van der Waals surface area contributed by atoms with E-state index in [9.17, 15) is 21.6 Å². The largest absolute Gasteiger partial charge is 0.345 e. The fourth-order valence-corrected chi connectivity index (χ4v) is 6.91. The highest BCUT2D eigenvalue weighted by molar-refractivity contribution is 7.91. The lowest BCUT2D eigenvalue weighted by Crippen LogP contribution is -2.49. The standard InChI is InChI=1S/C22H25N3O5S3/c1-16-6-8-17(9-7-16)33(29,30)15-10-20(26)24-11-13-25(14-12-24)22-23-21-18(31-22)4-3-5-19(21)32(2,27)28/h3-9H,10-15H2,1-2H3. The van der Waals surface area contributed by atoms with E-state index in [-0.39, 0.29) is 27.9 Å². The number of sulfone groups is 2. The van der Waals surface area contributed by atoms with Crippen molar-refractivity contribution in [3.63, 3.8) is 0 Å². The number of amides is 1. The molecule has 1 aliphatic rings. The van der Waals surface area contributed by atoms with Crippen LogP contribution in [0.1, 0.15) is 12.0 Å². The maximum absolute atomic E-state index is 12.6. The van der Waals surface area contributed by atoms with Gasteiger partial charge >= 0.3 is 0 Å². The molecule has 3 aromatic rings. The first-order chi connectivity index (χ1) is 15.5. The molecule has 0 unspecified atom stereocenters. The molecule has 2 heterocycles. The maximum Gasteiger partial charge on any atom is 0.223 e. The second kappa shape index (κ2) is 9.03. The van der Waals surface area contributed by atoms with Crippen LogP contribution in [0.15, 0.2) is 52.3 Å². The minimum Gasteiger partial charge on any atom is -0.345 e. The number of aryl methyl sites for hydroxylation is 1. The third-order valence-corrected chi connectivity index (χ3v) is 9.58. The van der Waals surface area contributed by atoms with Gasteiger partial charge in [0.05, 0.1) is 20.2 Å². The zero-order valence-electron chi connectivity index (χ0n) is 18.4. The number of aromatic nitrogens is 1. The first-order valence-electron chi connectivity index (χ1n) is 10.5. The monoisotopic (exact) mass is 507 g/mol. The van der Waals surface area contributed by atoms with E-state index >= 15 is 0 Å². The Morgan fingerprint density at radius 3 is 2.30 bits per heavy atom. The number of carbonyl (C=O) groups is 1. The summed E-state index contributed by atoms with van der Waals surface area (Å²) in [7, 11) is -6.89. The van der Waals surface area contributed by atoms with Crippen molar-refractivity contribution >= 4 is 52.3 Å². The Bertz CT molecular complexity index is 1390. The van der Waals surface area contributed by atoms with Crippen molar-refractivity contribution in [2.45, 2.75) is 23.1 Å². The van der Waals surface area contributed by atoms with Gasteiger partial charge in [-0.3, -0.25) is 4.79 Å². The highest BCUT2D eigenvalue weighted by atomic mass is 32.2. The van der Waals surface area contributed by atoms with Crippen molar-refractivity contribution in [3.05, 3.63) is 48.0 Å². The number of hydrogen-bond donors (Lipinski definition) is 0. The summed E-state index contributed by atoms with van der Waals surface area (Å²) in [6.45, 7) is 3.89. The Labute approximate surface area is 197 Å². The van der Waals surface area contributed by atoms with E-state index in [1.165, 1.54) is 17.6 Å². The lowest BCUT2D eigenvalue weighted by atomic mass is 10.2. The first-order valence-corrected chi connectivity index (χ1v) is 14.8. The smallest absolute Gasteiger partial charge is 0.223 e. The molecule has 1 amide bonds. The number of para-hydroxylation sites is 1. The number of hydrogen-bond acceptors (Lipinski definition) is 8. The van der Waals surface area contributed by atoms with E-state index in [1.807, 2.05) is 17.9 Å². The Morgan fingerprint density at radius 2 is 1.67 bits per heavy atom. The molecule has 0 N–H and O–H groups in total. The summed E-state index contributed by atoms with van der Waals surface area (Å²) in [6, 6.07) is 11.7. The van der Waals surface area contributed by atoms with Crippen LogP contribution in [-0.2, 0) is 24.5 Å². The van der Waals surface area contributed by atoms with Crippen LogP contribution in [0.5, 0.6) is 0 Å². The van der Waals surface area contributed by atoms with Crippen LogP contribution in [0.4, 0.5) is 5.13 Å². The van der Waals surface area contributed by atoms with Crippen LogP contribution in [0, 0.1) is 6.92 Å². The van der Waals surface area contributed by atoms with Crippen molar-refractivity contribution in [3.8, 4) is 0 Å². The predicted molar refractivity (Wildman–Crippen MR) is 129 cm³/mol. The van der Waals surface area contributed by atoms with Crippen LogP contribution in [0.2, 0.25) is 0 Å². The van der Waals surface area contributed by atoms with Gasteiger partial charge in [0.25, 0.3) is 0 Å². The Kier molecular flexibility index (Phi) is 6.47. The van der Waals surface area contributed by atoms with Gasteiger partial charge in [-0.2, -0.15) is 0 Å². The number of carbonyl (C=O) groups excluding carboxylic acids is 1. The summed E-state index contributed by atoms with van der Waals surface area (Å²) >= 11 is 1.42. The molecular weight excluding hydrogens is 482 g/mol.